The number of hydrazine groups is 1. The molecular formula is C11H24N2. The minimum atomic E-state index is 0.178. The predicted octanol–water partition coefficient (Wildman–Crippen LogP) is 2.54. The van der Waals surface area contributed by atoms with Gasteiger partial charge in [-0.1, -0.05) is 26.7 Å². The molecule has 0 unspecified atom stereocenters. The molecule has 0 atom stereocenters. The maximum absolute atomic E-state index is 6.09. The molecule has 1 heterocycles. The molecule has 0 amide bonds. The highest BCUT2D eigenvalue weighted by atomic mass is 15.4. The minimum absolute atomic E-state index is 0.178. The molecule has 0 spiro atoms. The Bertz CT molecular complexity index is 173. The second-order valence-corrected chi connectivity index (χ2v) is 5.81. The first kappa shape index (κ1) is 11.0. The molecule has 0 aromatic carbocycles. The molecule has 1 rings (SSSR count). The summed E-state index contributed by atoms with van der Waals surface area (Å²) in [5.41, 5.74) is 0.560. The van der Waals surface area contributed by atoms with E-state index in [1.165, 1.54) is 25.7 Å². The smallest absolute Gasteiger partial charge is 0.0295 e. The molecule has 78 valence electrons. The maximum Gasteiger partial charge on any atom is 0.0295 e. The zero-order valence-corrected chi connectivity index (χ0v) is 9.56. The zero-order chi connectivity index (χ0) is 10.1. The van der Waals surface area contributed by atoms with Gasteiger partial charge in [-0.05, 0) is 32.1 Å². The summed E-state index contributed by atoms with van der Waals surface area (Å²) in [6.45, 7) is 10.1. The van der Waals surface area contributed by atoms with Gasteiger partial charge < -0.3 is 0 Å². The van der Waals surface area contributed by atoms with E-state index in [1.54, 1.807) is 0 Å². The molecular weight excluding hydrogens is 160 g/mol. The Morgan fingerprint density at radius 3 is 2.15 bits per heavy atom. The predicted molar refractivity (Wildman–Crippen MR) is 57.2 cm³/mol. The Balaban J connectivity index is 2.67. The number of nitrogens with two attached hydrogens (primary N) is 1. The van der Waals surface area contributed by atoms with Crippen LogP contribution in [0.5, 0.6) is 0 Å². The van der Waals surface area contributed by atoms with Gasteiger partial charge in [0.2, 0.25) is 0 Å². The Morgan fingerprint density at radius 1 is 1.00 bits per heavy atom. The van der Waals surface area contributed by atoms with Crippen molar-refractivity contribution in [2.75, 3.05) is 6.54 Å². The quantitative estimate of drug-likeness (QED) is 0.586. The largest absolute Gasteiger partial charge is 0.268 e. The number of rotatable bonds is 0. The van der Waals surface area contributed by atoms with Crippen molar-refractivity contribution in [3.63, 3.8) is 0 Å². The van der Waals surface area contributed by atoms with Crippen LogP contribution in [0.4, 0.5) is 0 Å². The average molecular weight is 184 g/mol. The zero-order valence-electron chi connectivity index (χ0n) is 9.56. The molecule has 2 nitrogen and oxygen atoms in total. The summed E-state index contributed by atoms with van der Waals surface area (Å²) in [5.74, 6) is 6.09. The van der Waals surface area contributed by atoms with Crippen LogP contribution >= 0.6 is 0 Å². The average Bonchev–Trinajstić information content (AvgIpc) is 1.96. The van der Waals surface area contributed by atoms with Gasteiger partial charge in [-0.2, -0.15) is 0 Å². The van der Waals surface area contributed by atoms with Crippen LogP contribution in [-0.4, -0.2) is 17.1 Å². The van der Waals surface area contributed by atoms with E-state index in [0.29, 0.717) is 5.41 Å². The molecule has 1 aliphatic heterocycles. The molecule has 0 aromatic rings. The first-order valence-electron chi connectivity index (χ1n) is 5.36. The summed E-state index contributed by atoms with van der Waals surface area (Å²) in [6.07, 6.45) is 5.19. The Morgan fingerprint density at radius 2 is 1.54 bits per heavy atom. The SMILES string of the molecule is CC1(C)CCCCC(C)(C)N(N)C1. The monoisotopic (exact) mass is 184 g/mol. The third-order valence-corrected chi connectivity index (χ3v) is 3.27. The van der Waals surface area contributed by atoms with Crippen LogP contribution in [0.3, 0.4) is 0 Å². The second kappa shape index (κ2) is 3.58. The fourth-order valence-electron chi connectivity index (χ4n) is 2.06. The second-order valence-electron chi connectivity index (χ2n) is 5.81. The molecule has 0 aromatic heterocycles. The van der Waals surface area contributed by atoms with Crippen molar-refractivity contribution in [2.45, 2.75) is 58.9 Å². The van der Waals surface area contributed by atoms with E-state index >= 15 is 0 Å². The molecule has 2 N–H and O–H groups in total. The van der Waals surface area contributed by atoms with E-state index in [2.05, 4.69) is 27.7 Å². The standard InChI is InChI=1S/C11H24N2/c1-10(2)7-5-6-8-11(3,4)13(12)9-10/h5-9,12H2,1-4H3. The van der Waals surface area contributed by atoms with Gasteiger partial charge >= 0.3 is 0 Å². The minimum Gasteiger partial charge on any atom is -0.268 e. The summed E-state index contributed by atoms with van der Waals surface area (Å²) in [7, 11) is 0. The third-order valence-electron chi connectivity index (χ3n) is 3.27. The third kappa shape index (κ3) is 2.96. The Labute approximate surface area is 82.5 Å². The molecule has 0 radical (unpaired) electrons. The van der Waals surface area contributed by atoms with Crippen LogP contribution in [0.25, 0.3) is 0 Å². The number of hydrogen-bond acceptors (Lipinski definition) is 2. The van der Waals surface area contributed by atoms with Gasteiger partial charge in [-0.3, -0.25) is 5.84 Å². The van der Waals surface area contributed by atoms with E-state index < -0.39 is 0 Å². The first-order chi connectivity index (χ1) is 5.83. The van der Waals surface area contributed by atoms with E-state index in [0.717, 1.165) is 6.54 Å². The fraction of sp³-hybridized carbons (Fsp3) is 1.00. The summed E-state index contributed by atoms with van der Waals surface area (Å²) < 4.78 is 0. The van der Waals surface area contributed by atoms with Gasteiger partial charge in [0.15, 0.2) is 0 Å². The maximum atomic E-state index is 6.09. The lowest BCUT2D eigenvalue weighted by Crippen LogP contribution is -2.53. The first-order valence-corrected chi connectivity index (χ1v) is 5.36. The van der Waals surface area contributed by atoms with E-state index in [-0.39, 0.29) is 5.54 Å². The van der Waals surface area contributed by atoms with Crippen molar-refractivity contribution >= 4 is 0 Å². The summed E-state index contributed by atoms with van der Waals surface area (Å²) >= 11 is 0. The fourth-order valence-corrected chi connectivity index (χ4v) is 2.06. The van der Waals surface area contributed by atoms with Crippen molar-refractivity contribution in [1.82, 2.24) is 5.01 Å². The highest BCUT2D eigenvalue weighted by Gasteiger charge is 2.31. The van der Waals surface area contributed by atoms with E-state index in [4.69, 9.17) is 5.84 Å². The molecule has 1 fully saturated rings. The van der Waals surface area contributed by atoms with Crippen molar-refractivity contribution in [3.05, 3.63) is 0 Å². The van der Waals surface area contributed by atoms with Gasteiger partial charge in [-0.15, -0.1) is 0 Å². The normalized spacial score (nSPS) is 29.3. The van der Waals surface area contributed by atoms with Crippen LogP contribution in [0.1, 0.15) is 53.4 Å². The van der Waals surface area contributed by atoms with E-state index in [1.807, 2.05) is 5.01 Å². The highest BCUT2D eigenvalue weighted by molar-refractivity contribution is 4.85. The Kier molecular flexibility index (Phi) is 3.03. The van der Waals surface area contributed by atoms with Crippen molar-refractivity contribution < 1.29 is 0 Å². The number of hydrogen-bond donors (Lipinski definition) is 1. The van der Waals surface area contributed by atoms with Crippen LogP contribution in [-0.2, 0) is 0 Å². The molecule has 0 saturated carbocycles. The lowest BCUT2D eigenvalue weighted by molar-refractivity contribution is 0.0457. The van der Waals surface area contributed by atoms with Crippen molar-refractivity contribution in [1.29, 1.82) is 0 Å². The van der Waals surface area contributed by atoms with E-state index in [9.17, 15) is 0 Å². The lowest BCUT2D eigenvalue weighted by atomic mass is 9.81. The molecule has 1 saturated heterocycles. The number of nitrogens with zero attached hydrogens (tertiary/aromatic N) is 1. The van der Waals surface area contributed by atoms with Gasteiger partial charge in [0.05, 0.1) is 0 Å². The van der Waals surface area contributed by atoms with Crippen LogP contribution in [0.2, 0.25) is 0 Å². The van der Waals surface area contributed by atoms with Crippen LogP contribution in [0, 0.1) is 5.41 Å². The topological polar surface area (TPSA) is 29.3 Å². The Hall–Kier alpha value is -0.0800. The molecule has 0 aliphatic carbocycles. The van der Waals surface area contributed by atoms with Crippen LogP contribution < -0.4 is 5.84 Å². The molecule has 2 heteroatoms. The lowest BCUT2D eigenvalue weighted by Gasteiger charge is -2.42. The van der Waals surface area contributed by atoms with Crippen molar-refractivity contribution in [3.8, 4) is 0 Å². The van der Waals surface area contributed by atoms with Gasteiger partial charge in [0.1, 0.15) is 0 Å². The summed E-state index contributed by atoms with van der Waals surface area (Å²) in [4.78, 5) is 0. The summed E-state index contributed by atoms with van der Waals surface area (Å²) in [6, 6.07) is 0. The van der Waals surface area contributed by atoms with Gasteiger partial charge in [0, 0.05) is 12.1 Å². The van der Waals surface area contributed by atoms with Gasteiger partial charge in [-0.25, -0.2) is 5.01 Å². The molecule has 0 bridgehead atoms. The highest BCUT2D eigenvalue weighted by Crippen LogP contribution is 2.32. The van der Waals surface area contributed by atoms with Crippen molar-refractivity contribution in [2.24, 2.45) is 11.3 Å². The summed E-state index contributed by atoms with van der Waals surface area (Å²) in [5, 5.41) is 2.03. The van der Waals surface area contributed by atoms with Crippen LogP contribution in [0.15, 0.2) is 0 Å². The molecule has 13 heavy (non-hydrogen) atoms. The van der Waals surface area contributed by atoms with Gasteiger partial charge in [0.25, 0.3) is 0 Å². The molecule has 1 aliphatic rings.